The molecule has 0 aliphatic carbocycles. The van der Waals surface area contributed by atoms with E-state index in [9.17, 15) is 0 Å². The normalized spacial score (nSPS) is 13.5. The quantitative estimate of drug-likeness (QED) is 0.587. The number of benzene rings is 1. The molecule has 0 saturated carbocycles. The molecule has 0 amide bonds. The van der Waals surface area contributed by atoms with Gasteiger partial charge in [-0.1, -0.05) is 30.9 Å². The lowest BCUT2D eigenvalue weighted by Crippen LogP contribution is -1.92. The summed E-state index contributed by atoms with van der Waals surface area (Å²) >= 11 is 0. The Morgan fingerprint density at radius 1 is 1.29 bits per heavy atom. The maximum absolute atomic E-state index is 5.29. The topological polar surface area (TPSA) is 27.7 Å². The second-order valence-electron chi connectivity index (χ2n) is 3.50. The van der Waals surface area contributed by atoms with Crippen LogP contribution in [0.4, 0.5) is 0 Å². The van der Waals surface area contributed by atoms with Crippen LogP contribution >= 0.6 is 0 Å². The van der Waals surface area contributed by atoms with Gasteiger partial charge in [-0.15, -0.1) is 0 Å². The lowest BCUT2D eigenvalue weighted by atomic mass is 10.2. The van der Waals surface area contributed by atoms with Crippen LogP contribution in [0.1, 0.15) is 5.56 Å². The first-order valence-corrected chi connectivity index (χ1v) is 5.27. The maximum atomic E-state index is 5.29. The van der Waals surface area contributed by atoms with Crippen LogP contribution in [0.2, 0.25) is 0 Å². The molecule has 1 aromatic carbocycles. The Balaban J connectivity index is 2.02. The third-order valence-corrected chi connectivity index (χ3v) is 2.34. The van der Waals surface area contributed by atoms with Gasteiger partial charge in [0.05, 0.1) is 7.11 Å². The van der Waals surface area contributed by atoms with Crippen LogP contribution in [0.15, 0.2) is 48.8 Å². The molecule has 0 spiro atoms. The second-order valence-corrected chi connectivity index (χ2v) is 3.50. The molecule has 1 aliphatic rings. The van der Waals surface area contributed by atoms with Gasteiger partial charge < -0.3 is 14.2 Å². The van der Waals surface area contributed by atoms with Crippen LogP contribution < -0.4 is 9.47 Å². The van der Waals surface area contributed by atoms with Gasteiger partial charge in [0.25, 0.3) is 0 Å². The SMILES string of the molecule is C=C(/C=C/C=C/c1ccc2c(c1)OCO2)OC. The van der Waals surface area contributed by atoms with Gasteiger partial charge in [0.1, 0.15) is 5.76 Å². The first kappa shape index (κ1) is 11.3. The smallest absolute Gasteiger partial charge is 0.231 e. The maximum Gasteiger partial charge on any atom is 0.231 e. The predicted octanol–water partition coefficient (Wildman–Crippen LogP) is 3.14. The Hall–Kier alpha value is -2.16. The molecule has 0 saturated heterocycles. The van der Waals surface area contributed by atoms with Crippen molar-refractivity contribution >= 4 is 6.08 Å². The Morgan fingerprint density at radius 3 is 2.94 bits per heavy atom. The van der Waals surface area contributed by atoms with Gasteiger partial charge >= 0.3 is 0 Å². The van der Waals surface area contributed by atoms with Crippen molar-refractivity contribution in [2.45, 2.75) is 0 Å². The number of rotatable bonds is 4. The van der Waals surface area contributed by atoms with E-state index in [0.29, 0.717) is 12.6 Å². The highest BCUT2D eigenvalue weighted by Crippen LogP contribution is 2.32. The molecule has 1 heterocycles. The third kappa shape index (κ3) is 2.91. The molecular formula is C14H14O3. The number of ether oxygens (including phenoxy) is 3. The average molecular weight is 230 g/mol. The summed E-state index contributed by atoms with van der Waals surface area (Å²) in [4.78, 5) is 0. The third-order valence-electron chi connectivity index (χ3n) is 2.34. The summed E-state index contributed by atoms with van der Waals surface area (Å²) in [7, 11) is 1.59. The number of allylic oxidation sites excluding steroid dienone is 3. The van der Waals surface area contributed by atoms with Gasteiger partial charge in [-0.2, -0.15) is 0 Å². The molecule has 2 rings (SSSR count). The molecular weight excluding hydrogens is 216 g/mol. The van der Waals surface area contributed by atoms with E-state index in [-0.39, 0.29) is 0 Å². The van der Waals surface area contributed by atoms with Crippen LogP contribution in [-0.2, 0) is 4.74 Å². The van der Waals surface area contributed by atoms with Crippen molar-refractivity contribution in [3.05, 3.63) is 54.3 Å². The number of fused-ring (bicyclic) bond motifs is 1. The second kappa shape index (κ2) is 5.25. The van der Waals surface area contributed by atoms with Crippen LogP contribution in [0.3, 0.4) is 0 Å². The van der Waals surface area contributed by atoms with E-state index in [4.69, 9.17) is 14.2 Å². The first-order valence-electron chi connectivity index (χ1n) is 5.27. The van der Waals surface area contributed by atoms with E-state index in [1.165, 1.54) is 0 Å². The summed E-state index contributed by atoms with van der Waals surface area (Å²) in [5.41, 5.74) is 1.06. The van der Waals surface area contributed by atoms with Crippen molar-refractivity contribution in [1.82, 2.24) is 0 Å². The van der Waals surface area contributed by atoms with E-state index < -0.39 is 0 Å². The highest BCUT2D eigenvalue weighted by molar-refractivity contribution is 5.57. The Kier molecular flexibility index (Phi) is 3.50. The molecule has 3 heteroatoms. The molecule has 1 aliphatic heterocycles. The van der Waals surface area contributed by atoms with Crippen molar-refractivity contribution in [3.63, 3.8) is 0 Å². The standard InChI is InChI=1S/C14H14O3/c1-11(15-2)5-3-4-6-12-7-8-13-14(9-12)17-10-16-13/h3-9H,1,10H2,2H3/b5-3+,6-4+. The van der Waals surface area contributed by atoms with Gasteiger partial charge in [0.2, 0.25) is 6.79 Å². The van der Waals surface area contributed by atoms with E-state index in [2.05, 4.69) is 6.58 Å². The van der Waals surface area contributed by atoms with E-state index in [1.807, 2.05) is 36.4 Å². The van der Waals surface area contributed by atoms with Crippen molar-refractivity contribution in [2.75, 3.05) is 13.9 Å². The summed E-state index contributed by atoms with van der Waals surface area (Å²) < 4.78 is 15.4. The number of methoxy groups -OCH3 is 1. The molecule has 0 atom stereocenters. The van der Waals surface area contributed by atoms with Crippen LogP contribution in [0.5, 0.6) is 11.5 Å². The van der Waals surface area contributed by atoms with Crippen LogP contribution in [0, 0.1) is 0 Å². The lowest BCUT2D eigenvalue weighted by molar-refractivity contribution is 0.174. The molecule has 17 heavy (non-hydrogen) atoms. The fourth-order valence-electron chi connectivity index (χ4n) is 1.41. The highest BCUT2D eigenvalue weighted by atomic mass is 16.7. The van der Waals surface area contributed by atoms with Gasteiger partial charge in [0.15, 0.2) is 11.5 Å². The Bertz CT molecular complexity index is 472. The molecule has 88 valence electrons. The summed E-state index contributed by atoms with van der Waals surface area (Å²) in [6.07, 6.45) is 7.56. The fraction of sp³-hybridized carbons (Fsp3) is 0.143. The zero-order chi connectivity index (χ0) is 12.1. The van der Waals surface area contributed by atoms with Gasteiger partial charge in [-0.3, -0.25) is 0 Å². The van der Waals surface area contributed by atoms with Gasteiger partial charge in [-0.25, -0.2) is 0 Å². The number of hydrogen-bond acceptors (Lipinski definition) is 3. The minimum atomic E-state index is 0.302. The lowest BCUT2D eigenvalue weighted by Gasteiger charge is -1.97. The summed E-state index contributed by atoms with van der Waals surface area (Å²) in [5.74, 6) is 2.21. The van der Waals surface area contributed by atoms with Gasteiger partial charge in [0, 0.05) is 0 Å². The van der Waals surface area contributed by atoms with Crippen molar-refractivity contribution in [1.29, 1.82) is 0 Å². The number of hydrogen-bond donors (Lipinski definition) is 0. The minimum Gasteiger partial charge on any atom is -0.497 e. The van der Waals surface area contributed by atoms with E-state index in [0.717, 1.165) is 17.1 Å². The van der Waals surface area contributed by atoms with Crippen LogP contribution in [0.25, 0.3) is 6.08 Å². The van der Waals surface area contributed by atoms with Crippen molar-refractivity contribution < 1.29 is 14.2 Å². The van der Waals surface area contributed by atoms with E-state index >= 15 is 0 Å². The molecule has 0 radical (unpaired) electrons. The predicted molar refractivity (Wildman–Crippen MR) is 66.9 cm³/mol. The monoisotopic (exact) mass is 230 g/mol. The molecule has 0 N–H and O–H groups in total. The molecule has 3 nitrogen and oxygen atoms in total. The summed E-state index contributed by atoms with van der Waals surface area (Å²) in [5, 5.41) is 0. The van der Waals surface area contributed by atoms with Crippen molar-refractivity contribution in [3.8, 4) is 11.5 Å². The summed E-state index contributed by atoms with van der Waals surface area (Å²) in [6, 6.07) is 5.82. The van der Waals surface area contributed by atoms with Crippen LogP contribution in [-0.4, -0.2) is 13.9 Å². The Morgan fingerprint density at radius 2 is 2.12 bits per heavy atom. The minimum absolute atomic E-state index is 0.302. The van der Waals surface area contributed by atoms with Crippen molar-refractivity contribution in [2.24, 2.45) is 0 Å². The molecule has 0 fully saturated rings. The highest BCUT2D eigenvalue weighted by Gasteiger charge is 2.11. The average Bonchev–Trinajstić information content (AvgIpc) is 2.81. The largest absolute Gasteiger partial charge is 0.497 e. The molecule has 0 unspecified atom stereocenters. The molecule has 0 aromatic heterocycles. The fourth-order valence-corrected chi connectivity index (χ4v) is 1.41. The first-order chi connectivity index (χ1) is 8.29. The summed E-state index contributed by atoms with van der Waals surface area (Å²) in [6.45, 7) is 3.99. The molecule has 1 aromatic rings. The molecule has 0 bridgehead atoms. The zero-order valence-corrected chi connectivity index (χ0v) is 9.68. The van der Waals surface area contributed by atoms with Gasteiger partial charge in [-0.05, 0) is 23.8 Å². The Labute approximate surface area is 101 Å². The van der Waals surface area contributed by atoms with E-state index in [1.54, 1.807) is 13.2 Å². The zero-order valence-electron chi connectivity index (χ0n) is 9.68.